The van der Waals surface area contributed by atoms with Gasteiger partial charge in [-0.2, -0.15) is 0 Å². The zero-order chi connectivity index (χ0) is 12.2. The van der Waals surface area contributed by atoms with Crippen molar-refractivity contribution in [3.8, 4) is 5.88 Å². The van der Waals surface area contributed by atoms with E-state index in [0.29, 0.717) is 24.3 Å². The third kappa shape index (κ3) is 3.69. The van der Waals surface area contributed by atoms with Crippen LogP contribution in [0, 0.1) is 0 Å². The van der Waals surface area contributed by atoms with E-state index < -0.39 is 14.0 Å². The Kier molecular flexibility index (Phi) is 4.11. The van der Waals surface area contributed by atoms with Crippen LogP contribution in [0.25, 0.3) is 0 Å². The van der Waals surface area contributed by atoms with Gasteiger partial charge in [-0.05, 0) is 6.92 Å². The molecule has 1 aromatic heterocycles. The molecule has 0 aliphatic heterocycles. The average molecular weight is 242 g/mol. The fraction of sp³-hybridized carbons (Fsp3) is 0.600. The number of hydrogen-bond donors (Lipinski definition) is 1. The van der Waals surface area contributed by atoms with E-state index in [-0.39, 0.29) is 0 Å². The zero-order valence-corrected chi connectivity index (χ0v) is 11.2. The van der Waals surface area contributed by atoms with Crippen LogP contribution in [0.1, 0.15) is 17.3 Å². The smallest absolute Gasteiger partial charge is 0.345 e. The first-order chi connectivity index (χ1) is 7.44. The fourth-order valence-corrected chi connectivity index (χ4v) is 1.60. The Morgan fingerprint density at radius 2 is 2.19 bits per heavy atom. The molecule has 0 aromatic carbocycles. The van der Waals surface area contributed by atoms with Crippen molar-refractivity contribution in [3.63, 3.8) is 0 Å². The molecule has 0 amide bonds. The second kappa shape index (κ2) is 5.15. The molecular weight excluding hydrogens is 224 g/mol. The van der Waals surface area contributed by atoms with Crippen molar-refractivity contribution in [1.29, 1.82) is 0 Å². The molecule has 0 aliphatic rings. The van der Waals surface area contributed by atoms with Crippen LogP contribution < -0.4 is 4.74 Å². The summed E-state index contributed by atoms with van der Waals surface area (Å²) < 4.78 is 10.4. The molecule has 6 heteroatoms. The Hall–Kier alpha value is -1.30. The number of aromatic amines is 1. The Bertz CT molecular complexity index is 357. The molecule has 1 heterocycles. The zero-order valence-electron chi connectivity index (χ0n) is 10.2. The van der Waals surface area contributed by atoms with E-state index in [9.17, 15) is 4.79 Å². The van der Waals surface area contributed by atoms with Crippen LogP contribution >= 0.6 is 0 Å². The lowest BCUT2D eigenvalue weighted by atomic mass is 10.3. The molecule has 90 valence electrons. The molecule has 0 unspecified atom stereocenters. The standard InChI is InChI=1S/C10H18N2O3Si/c1-5-14-10(13)8-6-11-12-9(8)15-7-16(2,3)4/h6H,5,7H2,1-4H3,(H,11,12). The molecule has 5 nitrogen and oxygen atoms in total. The van der Waals surface area contributed by atoms with Crippen molar-refractivity contribution < 1.29 is 14.3 Å². The quantitative estimate of drug-likeness (QED) is 0.632. The van der Waals surface area contributed by atoms with E-state index in [2.05, 4.69) is 29.8 Å². The van der Waals surface area contributed by atoms with Gasteiger partial charge >= 0.3 is 5.97 Å². The summed E-state index contributed by atoms with van der Waals surface area (Å²) in [6.45, 7) is 8.66. The maximum absolute atomic E-state index is 11.5. The molecule has 0 bridgehead atoms. The van der Waals surface area contributed by atoms with Gasteiger partial charge in [-0.3, -0.25) is 5.10 Å². The Balaban J connectivity index is 2.67. The first kappa shape index (κ1) is 12.8. The minimum atomic E-state index is -1.32. The van der Waals surface area contributed by atoms with Crippen LogP contribution in [0.15, 0.2) is 6.20 Å². The minimum Gasteiger partial charge on any atom is -0.480 e. The lowest BCUT2D eigenvalue weighted by molar-refractivity contribution is 0.0522. The molecule has 0 spiro atoms. The monoisotopic (exact) mass is 242 g/mol. The van der Waals surface area contributed by atoms with Gasteiger partial charge in [0.1, 0.15) is 5.56 Å². The highest BCUT2D eigenvalue weighted by molar-refractivity contribution is 6.76. The largest absolute Gasteiger partial charge is 0.480 e. The molecule has 1 N–H and O–H groups in total. The van der Waals surface area contributed by atoms with Crippen LogP contribution in [0.3, 0.4) is 0 Å². The number of rotatable bonds is 5. The third-order valence-corrected chi connectivity index (χ3v) is 2.75. The summed E-state index contributed by atoms with van der Waals surface area (Å²) in [5.41, 5.74) is 0.361. The number of nitrogens with zero attached hydrogens (tertiary/aromatic N) is 1. The van der Waals surface area contributed by atoms with E-state index in [1.165, 1.54) is 6.20 Å². The predicted molar refractivity (Wildman–Crippen MR) is 63.4 cm³/mol. The van der Waals surface area contributed by atoms with Crippen LogP contribution in [-0.4, -0.2) is 37.1 Å². The fourth-order valence-electron chi connectivity index (χ4n) is 1.03. The highest BCUT2D eigenvalue weighted by Crippen LogP contribution is 2.16. The highest BCUT2D eigenvalue weighted by atomic mass is 28.3. The molecule has 16 heavy (non-hydrogen) atoms. The third-order valence-electron chi connectivity index (χ3n) is 1.74. The number of H-pyrrole nitrogens is 1. The Morgan fingerprint density at radius 1 is 1.50 bits per heavy atom. The van der Waals surface area contributed by atoms with E-state index in [0.717, 1.165) is 0 Å². The SMILES string of the molecule is CCOC(=O)c1c[nH]nc1OC[Si](C)(C)C. The van der Waals surface area contributed by atoms with Gasteiger partial charge in [-0.15, -0.1) is 5.10 Å². The number of carbonyl (C=O) groups excluding carboxylic acids is 1. The summed E-state index contributed by atoms with van der Waals surface area (Å²) in [5, 5.41) is 6.51. The van der Waals surface area contributed by atoms with E-state index in [4.69, 9.17) is 9.47 Å². The van der Waals surface area contributed by atoms with E-state index >= 15 is 0 Å². The van der Waals surface area contributed by atoms with Gasteiger partial charge in [0.15, 0.2) is 0 Å². The normalized spacial score (nSPS) is 11.2. The Morgan fingerprint density at radius 3 is 2.75 bits per heavy atom. The maximum atomic E-state index is 11.5. The van der Waals surface area contributed by atoms with Crippen molar-refractivity contribution in [3.05, 3.63) is 11.8 Å². The lowest BCUT2D eigenvalue weighted by Crippen LogP contribution is -2.30. The first-order valence-electron chi connectivity index (χ1n) is 5.27. The number of ether oxygens (including phenoxy) is 2. The highest BCUT2D eigenvalue weighted by Gasteiger charge is 2.20. The Labute approximate surface area is 96.2 Å². The number of aromatic nitrogens is 2. The predicted octanol–water partition coefficient (Wildman–Crippen LogP) is 1.84. The molecule has 1 rings (SSSR count). The van der Waals surface area contributed by atoms with Crippen molar-refractivity contribution >= 4 is 14.0 Å². The molecule has 0 atom stereocenters. The average Bonchev–Trinajstić information content (AvgIpc) is 2.61. The molecule has 1 aromatic rings. The molecule has 0 radical (unpaired) electrons. The molecule has 0 aliphatic carbocycles. The minimum absolute atomic E-state index is 0.334. The lowest BCUT2D eigenvalue weighted by Gasteiger charge is -2.15. The van der Waals surface area contributed by atoms with Gasteiger partial charge in [-0.1, -0.05) is 19.6 Å². The number of nitrogens with one attached hydrogen (secondary N) is 1. The van der Waals surface area contributed by atoms with Gasteiger partial charge in [-0.25, -0.2) is 4.79 Å². The number of carbonyl (C=O) groups is 1. The summed E-state index contributed by atoms with van der Waals surface area (Å²) in [6.07, 6.45) is 2.13. The van der Waals surface area contributed by atoms with Crippen molar-refractivity contribution in [2.24, 2.45) is 0 Å². The van der Waals surface area contributed by atoms with Crippen LogP contribution in [-0.2, 0) is 4.74 Å². The van der Waals surface area contributed by atoms with Crippen LogP contribution in [0.4, 0.5) is 0 Å². The first-order valence-corrected chi connectivity index (χ1v) is 8.98. The molecule has 0 saturated heterocycles. The van der Waals surface area contributed by atoms with E-state index in [1.54, 1.807) is 6.92 Å². The van der Waals surface area contributed by atoms with Crippen molar-refractivity contribution in [2.45, 2.75) is 26.6 Å². The topological polar surface area (TPSA) is 64.2 Å². The van der Waals surface area contributed by atoms with Crippen molar-refractivity contribution in [2.75, 3.05) is 12.8 Å². The molecular formula is C10H18N2O3Si. The second-order valence-electron chi connectivity index (χ2n) is 4.67. The van der Waals surface area contributed by atoms with Gasteiger partial charge in [0.2, 0.25) is 5.88 Å². The number of hydrogen-bond acceptors (Lipinski definition) is 4. The van der Waals surface area contributed by atoms with E-state index in [1.807, 2.05) is 0 Å². The second-order valence-corrected chi connectivity index (χ2v) is 10.1. The number of esters is 1. The van der Waals surface area contributed by atoms with Crippen LogP contribution in [0.5, 0.6) is 5.88 Å². The van der Waals surface area contributed by atoms with Crippen LogP contribution in [0.2, 0.25) is 19.6 Å². The van der Waals surface area contributed by atoms with Gasteiger partial charge < -0.3 is 9.47 Å². The van der Waals surface area contributed by atoms with Crippen molar-refractivity contribution in [1.82, 2.24) is 10.2 Å². The summed E-state index contributed by atoms with van der Waals surface area (Å²) in [7, 11) is -1.32. The maximum Gasteiger partial charge on any atom is 0.345 e. The summed E-state index contributed by atoms with van der Waals surface area (Å²) >= 11 is 0. The van der Waals surface area contributed by atoms with Gasteiger partial charge in [0, 0.05) is 6.20 Å². The summed E-state index contributed by atoms with van der Waals surface area (Å²) in [6, 6.07) is 0. The molecule has 0 fully saturated rings. The van der Waals surface area contributed by atoms with Gasteiger partial charge in [0.05, 0.1) is 20.9 Å². The summed E-state index contributed by atoms with van der Waals surface area (Å²) in [5.74, 6) is -0.0669. The summed E-state index contributed by atoms with van der Waals surface area (Å²) in [4.78, 5) is 11.5. The van der Waals surface area contributed by atoms with Gasteiger partial charge in [0.25, 0.3) is 0 Å². The molecule has 0 saturated carbocycles.